The highest BCUT2D eigenvalue weighted by atomic mass is 16.5. The minimum atomic E-state index is -0.294. The number of methoxy groups -OCH3 is 1. The van der Waals surface area contributed by atoms with Gasteiger partial charge in [0.05, 0.1) is 6.61 Å². The van der Waals surface area contributed by atoms with Crippen molar-refractivity contribution in [3.05, 3.63) is 24.3 Å². The summed E-state index contributed by atoms with van der Waals surface area (Å²) in [5, 5.41) is 14.2. The van der Waals surface area contributed by atoms with Gasteiger partial charge in [0.25, 0.3) is 0 Å². The van der Waals surface area contributed by atoms with Crippen LogP contribution in [-0.2, 0) is 4.74 Å². The number of hydrogen-bond acceptors (Lipinski definition) is 3. The Balaban J connectivity index is 2.34. The van der Waals surface area contributed by atoms with E-state index in [2.05, 4.69) is 10.6 Å². The second-order valence-corrected chi connectivity index (χ2v) is 2.92. The molecule has 1 rings (SSSR count). The number of ether oxygens (including phenoxy) is 1. The Kier molecular flexibility index (Phi) is 4.43. The molecule has 0 bridgehead atoms. The lowest BCUT2D eigenvalue weighted by molar-refractivity contribution is 0.198. The normalized spacial score (nSPS) is 9.67. The molecule has 1 aromatic carbocycles. The predicted molar refractivity (Wildman–Crippen MR) is 57.0 cm³/mol. The van der Waals surface area contributed by atoms with Crippen molar-refractivity contribution in [3.63, 3.8) is 0 Å². The summed E-state index contributed by atoms with van der Waals surface area (Å²) in [6, 6.07) is 5.95. The molecule has 0 aliphatic carbocycles. The summed E-state index contributed by atoms with van der Waals surface area (Å²) in [6.07, 6.45) is 0. The highest BCUT2D eigenvalue weighted by Crippen LogP contribution is 2.13. The van der Waals surface area contributed by atoms with Gasteiger partial charge in [0.2, 0.25) is 0 Å². The van der Waals surface area contributed by atoms with Crippen molar-refractivity contribution in [3.8, 4) is 5.75 Å². The van der Waals surface area contributed by atoms with E-state index in [1.165, 1.54) is 12.1 Å². The molecule has 82 valence electrons. The molecule has 3 N–H and O–H groups in total. The van der Waals surface area contributed by atoms with Gasteiger partial charge in [0.15, 0.2) is 0 Å². The van der Waals surface area contributed by atoms with Crippen LogP contribution in [0.5, 0.6) is 5.75 Å². The van der Waals surface area contributed by atoms with E-state index in [4.69, 9.17) is 9.84 Å². The van der Waals surface area contributed by atoms with Crippen LogP contribution in [-0.4, -0.2) is 31.4 Å². The number of anilines is 1. The van der Waals surface area contributed by atoms with E-state index in [0.29, 0.717) is 18.8 Å². The van der Waals surface area contributed by atoms with Crippen LogP contribution in [0.2, 0.25) is 0 Å². The van der Waals surface area contributed by atoms with Crippen molar-refractivity contribution in [2.24, 2.45) is 0 Å². The Bertz CT molecular complexity index is 311. The molecule has 0 fully saturated rings. The maximum Gasteiger partial charge on any atom is 0.319 e. The van der Waals surface area contributed by atoms with Crippen LogP contribution in [0.25, 0.3) is 0 Å². The van der Waals surface area contributed by atoms with Crippen LogP contribution in [0.1, 0.15) is 0 Å². The first-order valence-electron chi connectivity index (χ1n) is 4.55. The third-order valence-electron chi connectivity index (χ3n) is 1.72. The Hall–Kier alpha value is -1.75. The largest absolute Gasteiger partial charge is 0.508 e. The number of amides is 2. The van der Waals surface area contributed by atoms with Crippen molar-refractivity contribution >= 4 is 11.7 Å². The molecule has 0 unspecified atom stereocenters. The first-order valence-corrected chi connectivity index (χ1v) is 4.55. The fourth-order valence-electron chi connectivity index (χ4n) is 0.987. The van der Waals surface area contributed by atoms with Gasteiger partial charge in [-0.3, -0.25) is 0 Å². The molecule has 0 aliphatic rings. The Morgan fingerprint density at radius 3 is 2.67 bits per heavy atom. The van der Waals surface area contributed by atoms with Gasteiger partial charge in [0, 0.05) is 19.3 Å². The van der Waals surface area contributed by atoms with E-state index in [9.17, 15) is 4.79 Å². The van der Waals surface area contributed by atoms with Crippen molar-refractivity contribution < 1.29 is 14.6 Å². The van der Waals surface area contributed by atoms with Crippen LogP contribution >= 0.6 is 0 Å². The molecule has 15 heavy (non-hydrogen) atoms. The van der Waals surface area contributed by atoms with E-state index in [0.717, 1.165) is 0 Å². The van der Waals surface area contributed by atoms with Gasteiger partial charge in [-0.05, 0) is 24.3 Å². The molecule has 2 amide bonds. The average Bonchev–Trinajstić information content (AvgIpc) is 2.22. The highest BCUT2D eigenvalue weighted by Gasteiger charge is 1.99. The van der Waals surface area contributed by atoms with Crippen LogP contribution in [0, 0.1) is 0 Å². The van der Waals surface area contributed by atoms with E-state index in [1.807, 2.05) is 0 Å². The van der Waals surface area contributed by atoms with Crippen LogP contribution < -0.4 is 10.6 Å². The second-order valence-electron chi connectivity index (χ2n) is 2.92. The number of phenolic OH excluding ortho intramolecular Hbond substituents is 1. The topological polar surface area (TPSA) is 70.6 Å². The molecular formula is C10H14N2O3. The third kappa shape index (κ3) is 4.33. The van der Waals surface area contributed by atoms with Gasteiger partial charge in [-0.15, -0.1) is 0 Å². The standard InChI is InChI=1S/C10H14N2O3/c1-15-7-6-11-10(14)12-8-2-4-9(13)5-3-8/h2-5,13H,6-7H2,1H3,(H2,11,12,14). The molecule has 5 nitrogen and oxygen atoms in total. The number of phenols is 1. The molecule has 0 heterocycles. The molecular weight excluding hydrogens is 196 g/mol. The number of aromatic hydroxyl groups is 1. The lowest BCUT2D eigenvalue weighted by Crippen LogP contribution is -2.31. The van der Waals surface area contributed by atoms with Crippen molar-refractivity contribution in [2.75, 3.05) is 25.6 Å². The minimum Gasteiger partial charge on any atom is -0.508 e. The third-order valence-corrected chi connectivity index (χ3v) is 1.72. The van der Waals surface area contributed by atoms with Gasteiger partial charge in [-0.2, -0.15) is 0 Å². The maximum absolute atomic E-state index is 11.2. The van der Waals surface area contributed by atoms with Crippen LogP contribution in [0.3, 0.4) is 0 Å². The number of benzene rings is 1. The number of urea groups is 1. The zero-order chi connectivity index (χ0) is 11.1. The fraction of sp³-hybridized carbons (Fsp3) is 0.300. The Labute approximate surface area is 88.1 Å². The molecule has 0 saturated carbocycles. The SMILES string of the molecule is COCCNC(=O)Nc1ccc(O)cc1. The highest BCUT2D eigenvalue weighted by molar-refractivity contribution is 5.89. The molecule has 0 spiro atoms. The molecule has 0 aromatic heterocycles. The molecule has 0 saturated heterocycles. The molecule has 0 radical (unpaired) electrons. The summed E-state index contributed by atoms with van der Waals surface area (Å²) in [5.74, 6) is 0.167. The summed E-state index contributed by atoms with van der Waals surface area (Å²) in [6.45, 7) is 0.934. The van der Waals surface area contributed by atoms with Crippen molar-refractivity contribution in [2.45, 2.75) is 0 Å². The number of hydrogen-bond donors (Lipinski definition) is 3. The van der Waals surface area contributed by atoms with Crippen LogP contribution in [0.4, 0.5) is 10.5 Å². The van der Waals surface area contributed by atoms with E-state index >= 15 is 0 Å². The summed E-state index contributed by atoms with van der Waals surface area (Å²) < 4.78 is 4.78. The molecule has 5 heteroatoms. The van der Waals surface area contributed by atoms with Crippen molar-refractivity contribution in [1.29, 1.82) is 0 Å². The summed E-state index contributed by atoms with van der Waals surface area (Å²) in [5.41, 5.74) is 0.628. The number of carbonyl (C=O) groups is 1. The minimum absolute atomic E-state index is 0.167. The van der Waals surface area contributed by atoms with Gasteiger partial charge < -0.3 is 20.5 Å². The maximum atomic E-state index is 11.2. The van der Waals surface area contributed by atoms with E-state index < -0.39 is 0 Å². The van der Waals surface area contributed by atoms with E-state index in [-0.39, 0.29) is 11.8 Å². The monoisotopic (exact) mass is 210 g/mol. The zero-order valence-corrected chi connectivity index (χ0v) is 8.49. The smallest absolute Gasteiger partial charge is 0.319 e. The molecule has 1 aromatic rings. The zero-order valence-electron chi connectivity index (χ0n) is 8.49. The second kappa shape index (κ2) is 5.87. The molecule has 0 aliphatic heterocycles. The predicted octanol–water partition coefficient (Wildman–Crippen LogP) is 1.16. The van der Waals surface area contributed by atoms with E-state index in [1.54, 1.807) is 19.2 Å². The van der Waals surface area contributed by atoms with Crippen LogP contribution in [0.15, 0.2) is 24.3 Å². The van der Waals surface area contributed by atoms with Gasteiger partial charge >= 0.3 is 6.03 Å². The van der Waals surface area contributed by atoms with Gasteiger partial charge in [0.1, 0.15) is 5.75 Å². The average molecular weight is 210 g/mol. The first-order chi connectivity index (χ1) is 7.22. The lowest BCUT2D eigenvalue weighted by Gasteiger charge is -2.06. The fourth-order valence-corrected chi connectivity index (χ4v) is 0.987. The molecule has 0 atom stereocenters. The number of nitrogens with one attached hydrogen (secondary N) is 2. The summed E-state index contributed by atoms with van der Waals surface area (Å²) in [7, 11) is 1.57. The van der Waals surface area contributed by atoms with Crippen molar-refractivity contribution in [1.82, 2.24) is 5.32 Å². The first kappa shape index (κ1) is 11.3. The summed E-state index contributed by atoms with van der Waals surface area (Å²) >= 11 is 0. The van der Waals surface area contributed by atoms with Gasteiger partial charge in [-0.1, -0.05) is 0 Å². The quantitative estimate of drug-likeness (QED) is 0.516. The number of rotatable bonds is 4. The van der Waals surface area contributed by atoms with Gasteiger partial charge in [-0.25, -0.2) is 4.79 Å². The Morgan fingerprint density at radius 1 is 1.40 bits per heavy atom. The Morgan fingerprint density at radius 2 is 2.07 bits per heavy atom. The number of carbonyl (C=O) groups excluding carboxylic acids is 1. The lowest BCUT2D eigenvalue weighted by atomic mass is 10.3. The summed E-state index contributed by atoms with van der Waals surface area (Å²) in [4.78, 5) is 11.2.